The van der Waals surface area contributed by atoms with Crippen LogP contribution in [-0.2, 0) is 6.61 Å². The quantitative estimate of drug-likeness (QED) is 0.726. The zero-order valence-electron chi connectivity index (χ0n) is 11.5. The van der Waals surface area contributed by atoms with Crippen molar-refractivity contribution in [3.05, 3.63) is 66.1 Å². The Kier molecular flexibility index (Phi) is 3.69. The molecule has 0 aliphatic heterocycles. The van der Waals surface area contributed by atoms with Gasteiger partial charge in [0.15, 0.2) is 0 Å². The lowest BCUT2D eigenvalue weighted by molar-refractivity contribution is 0.301. The van der Waals surface area contributed by atoms with Crippen molar-refractivity contribution >= 4 is 10.9 Å². The fourth-order valence-corrected chi connectivity index (χ4v) is 2.09. The van der Waals surface area contributed by atoms with Gasteiger partial charge in [-0.05, 0) is 36.4 Å². The topological polar surface area (TPSA) is 31.4 Å². The molecule has 0 amide bonds. The first-order valence-electron chi connectivity index (χ1n) is 6.57. The number of halogens is 1. The van der Waals surface area contributed by atoms with Crippen LogP contribution in [0.5, 0.6) is 11.5 Å². The van der Waals surface area contributed by atoms with E-state index in [9.17, 15) is 4.39 Å². The van der Waals surface area contributed by atoms with Crippen LogP contribution < -0.4 is 9.47 Å². The van der Waals surface area contributed by atoms with Crippen molar-refractivity contribution in [1.29, 1.82) is 0 Å². The lowest BCUT2D eigenvalue weighted by Gasteiger charge is -2.08. The molecule has 0 fully saturated rings. The average Bonchev–Trinajstić information content (AvgIpc) is 2.53. The minimum Gasteiger partial charge on any atom is -0.494 e. The van der Waals surface area contributed by atoms with Crippen LogP contribution in [0.15, 0.2) is 54.6 Å². The first-order chi connectivity index (χ1) is 10.3. The van der Waals surface area contributed by atoms with Gasteiger partial charge in [0.2, 0.25) is 0 Å². The molecule has 2 aromatic carbocycles. The summed E-state index contributed by atoms with van der Waals surface area (Å²) in [6.45, 7) is 0.319. The van der Waals surface area contributed by atoms with Gasteiger partial charge in [-0.25, -0.2) is 9.37 Å². The molecule has 1 heterocycles. The molecule has 3 rings (SSSR count). The second-order valence-electron chi connectivity index (χ2n) is 4.58. The van der Waals surface area contributed by atoms with E-state index in [1.54, 1.807) is 19.2 Å². The number of aromatic nitrogens is 1. The summed E-state index contributed by atoms with van der Waals surface area (Å²) in [5, 5.41) is 1.01. The Balaban J connectivity index is 1.82. The summed E-state index contributed by atoms with van der Waals surface area (Å²) in [5.74, 6) is 1.06. The molecular weight excluding hydrogens is 269 g/mol. The first kappa shape index (κ1) is 13.4. The van der Waals surface area contributed by atoms with E-state index in [1.807, 2.05) is 30.3 Å². The van der Waals surface area contributed by atoms with Crippen LogP contribution in [0.3, 0.4) is 0 Å². The number of methoxy groups -OCH3 is 1. The molecular formula is C17H14FNO2. The number of benzene rings is 2. The maximum atomic E-state index is 12.8. The second kappa shape index (κ2) is 5.79. The van der Waals surface area contributed by atoms with E-state index < -0.39 is 0 Å². The molecule has 0 spiro atoms. The molecule has 0 N–H and O–H groups in total. The third kappa shape index (κ3) is 2.94. The summed E-state index contributed by atoms with van der Waals surface area (Å²) < 4.78 is 23.7. The molecule has 0 unspecified atom stereocenters. The second-order valence-corrected chi connectivity index (χ2v) is 4.58. The molecule has 21 heavy (non-hydrogen) atoms. The average molecular weight is 283 g/mol. The number of rotatable bonds is 4. The fraction of sp³-hybridized carbons (Fsp3) is 0.118. The number of hydrogen-bond acceptors (Lipinski definition) is 3. The normalized spacial score (nSPS) is 10.6. The van der Waals surface area contributed by atoms with Crippen molar-refractivity contribution in [3.63, 3.8) is 0 Å². The number of pyridine rings is 1. The first-order valence-corrected chi connectivity index (χ1v) is 6.57. The largest absolute Gasteiger partial charge is 0.494 e. The highest BCUT2D eigenvalue weighted by Gasteiger charge is 2.05. The monoisotopic (exact) mass is 283 g/mol. The zero-order chi connectivity index (χ0) is 14.7. The lowest BCUT2D eigenvalue weighted by atomic mass is 10.2. The third-order valence-corrected chi connectivity index (χ3v) is 3.16. The highest BCUT2D eigenvalue weighted by atomic mass is 19.1. The van der Waals surface area contributed by atoms with Gasteiger partial charge in [0.25, 0.3) is 0 Å². The Labute approximate surface area is 122 Å². The Morgan fingerprint density at radius 1 is 1.00 bits per heavy atom. The van der Waals surface area contributed by atoms with Crippen LogP contribution >= 0.6 is 0 Å². The zero-order valence-corrected chi connectivity index (χ0v) is 11.5. The van der Waals surface area contributed by atoms with Crippen molar-refractivity contribution < 1.29 is 13.9 Å². The van der Waals surface area contributed by atoms with Crippen molar-refractivity contribution in [2.45, 2.75) is 6.61 Å². The summed E-state index contributed by atoms with van der Waals surface area (Å²) in [6.07, 6.45) is 0. The number of para-hydroxylation sites is 1. The van der Waals surface area contributed by atoms with Crippen LogP contribution in [0.25, 0.3) is 10.9 Å². The Morgan fingerprint density at radius 3 is 2.57 bits per heavy atom. The standard InChI is InChI=1S/C17H14FNO2/c1-20-16-4-2-3-12-5-8-14(19-17(12)16)11-21-15-9-6-13(18)7-10-15/h2-10H,11H2,1H3. The molecule has 3 nitrogen and oxygen atoms in total. The molecule has 0 atom stereocenters. The van der Waals surface area contributed by atoms with Gasteiger partial charge >= 0.3 is 0 Å². The van der Waals surface area contributed by atoms with E-state index in [-0.39, 0.29) is 5.82 Å². The number of hydrogen-bond donors (Lipinski definition) is 0. The smallest absolute Gasteiger partial charge is 0.145 e. The van der Waals surface area contributed by atoms with Crippen molar-refractivity contribution in [2.75, 3.05) is 7.11 Å². The number of nitrogens with zero attached hydrogens (tertiary/aromatic N) is 1. The Hall–Kier alpha value is -2.62. The van der Waals surface area contributed by atoms with Gasteiger partial charge in [-0.1, -0.05) is 18.2 Å². The summed E-state index contributed by atoms with van der Waals surface area (Å²) in [5.41, 5.74) is 1.59. The lowest BCUT2D eigenvalue weighted by Crippen LogP contribution is -1.99. The van der Waals surface area contributed by atoms with Crippen LogP contribution in [-0.4, -0.2) is 12.1 Å². The Bertz CT molecular complexity index is 756. The van der Waals surface area contributed by atoms with Crippen molar-refractivity contribution in [1.82, 2.24) is 4.98 Å². The Morgan fingerprint density at radius 2 is 1.81 bits per heavy atom. The molecule has 0 aliphatic rings. The SMILES string of the molecule is COc1cccc2ccc(COc3ccc(F)cc3)nc12. The van der Waals surface area contributed by atoms with E-state index in [0.29, 0.717) is 12.4 Å². The predicted molar refractivity (Wildman–Crippen MR) is 79.0 cm³/mol. The molecule has 0 saturated heterocycles. The minimum atomic E-state index is -0.282. The fourth-order valence-electron chi connectivity index (χ4n) is 2.09. The third-order valence-electron chi connectivity index (χ3n) is 3.16. The summed E-state index contributed by atoms with van der Waals surface area (Å²) in [6, 6.07) is 15.6. The molecule has 0 saturated carbocycles. The molecule has 0 aliphatic carbocycles. The van der Waals surface area contributed by atoms with E-state index in [2.05, 4.69) is 4.98 Å². The van der Waals surface area contributed by atoms with Crippen LogP contribution in [0.1, 0.15) is 5.69 Å². The molecule has 3 aromatic rings. The molecule has 106 valence electrons. The summed E-state index contributed by atoms with van der Waals surface area (Å²) in [7, 11) is 1.62. The van der Waals surface area contributed by atoms with Gasteiger partial charge in [0.05, 0.1) is 12.8 Å². The van der Waals surface area contributed by atoms with Crippen LogP contribution in [0.2, 0.25) is 0 Å². The maximum absolute atomic E-state index is 12.8. The van der Waals surface area contributed by atoms with Crippen LogP contribution in [0.4, 0.5) is 4.39 Å². The van der Waals surface area contributed by atoms with Gasteiger partial charge < -0.3 is 9.47 Å². The van der Waals surface area contributed by atoms with Gasteiger partial charge in [-0.15, -0.1) is 0 Å². The number of fused-ring (bicyclic) bond motifs is 1. The highest BCUT2D eigenvalue weighted by molar-refractivity contribution is 5.84. The van der Waals surface area contributed by atoms with E-state index in [0.717, 1.165) is 22.3 Å². The predicted octanol–water partition coefficient (Wildman–Crippen LogP) is 3.96. The van der Waals surface area contributed by atoms with Crippen molar-refractivity contribution in [2.24, 2.45) is 0 Å². The summed E-state index contributed by atoms with van der Waals surface area (Å²) >= 11 is 0. The van der Waals surface area contributed by atoms with Gasteiger partial charge in [0, 0.05) is 5.39 Å². The van der Waals surface area contributed by atoms with E-state index in [1.165, 1.54) is 12.1 Å². The van der Waals surface area contributed by atoms with Gasteiger partial charge in [0.1, 0.15) is 29.4 Å². The van der Waals surface area contributed by atoms with Gasteiger partial charge in [-0.2, -0.15) is 0 Å². The van der Waals surface area contributed by atoms with Crippen LogP contribution in [0, 0.1) is 5.82 Å². The van der Waals surface area contributed by atoms with Gasteiger partial charge in [-0.3, -0.25) is 0 Å². The maximum Gasteiger partial charge on any atom is 0.145 e. The number of ether oxygens (including phenoxy) is 2. The summed E-state index contributed by atoms with van der Waals surface area (Å²) in [4.78, 5) is 4.55. The molecule has 0 radical (unpaired) electrons. The highest BCUT2D eigenvalue weighted by Crippen LogP contribution is 2.24. The van der Waals surface area contributed by atoms with E-state index in [4.69, 9.17) is 9.47 Å². The van der Waals surface area contributed by atoms with Crippen molar-refractivity contribution in [3.8, 4) is 11.5 Å². The molecule has 0 bridgehead atoms. The minimum absolute atomic E-state index is 0.282. The molecule has 4 heteroatoms. The molecule has 1 aromatic heterocycles. The van der Waals surface area contributed by atoms with E-state index >= 15 is 0 Å².